The first-order chi connectivity index (χ1) is 8.95. The molecule has 0 amide bonds. The van der Waals surface area contributed by atoms with Crippen LogP contribution in [0.1, 0.15) is 34.1 Å². The number of fused-ring (bicyclic) bond motifs is 4. The van der Waals surface area contributed by atoms with E-state index in [1.807, 2.05) is 0 Å². The monoisotopic (exact) mass is 262 g/mol. The second kappa shape index (κ2) is 2.81. The third-order valence-corrected chi connectivity index (χ3v) is 7.37. The van der Waals surface area contributed by atoms with E-state index in [1.165, 1.54) is 5.57 Å². The van der Waals surface area contributed by atoms with Crippen molar-refractivity contribution in [2.75, 3.05) is 6.61 Å². The fraction of sp³-hybridized carbons (Fsp3) is 0.875. The van der Waals surface area contributed by atoms with Crippen LogP contribution in [0, 0.1) is 16.7 Å². The van der Waals surface area contributed by atoms with Gasteiger partial charge in [-0.1, -0.05) is 26.8 Å². The molecule has 104 valence electrons. The third kappa shape index (κ3) is 0.913. The van der Waals surface area contributed by atoms with Crippen LogP contribution in [0.4, 0.5) is 0 Å². The summed E-state index contributed by atoms with van der Waals surface area (Å²) in [6.07, 6.45) is 4.60. The number of hydrogen-bond acceptors (Lipinski definition) is 3. The summed E-state index contributed by atoms with van der Waals surface area (Å²) in [6, 6.07) is 0. The second-order valence-electron chi connectivity index (χ2n) is 7.73. The van der Waals surface area contributed by atoms with Crippen LogP contribution in [-0.2, 0) is 14.2 Å². The van der Waals surface area contributed by atoms with Gasteiger partial charge < -0.3 is 14.2 Å². The molecule has 3 heteroatoms. The first-order valence-electron chi connectivity index (χ1n) is 7.58. The second-order valence-corrected chi connectivity index (χ2v) is 7.73. The summed E-state index contributed by atoms with van der Waals surface area (Å²) in [6.45, 7) is 10.3. The van der Waals surface area contributed by atoms with Gasteiger partial charge in [-0.25, -0.2) is 0 Å². The molecule has 4 unspecified atom stereocenters. The van der Waals surface area contributed by atoms with E-state index in [4.69, 9.17) is 14.2 Å². The highest BCUT2D eigenvalue weighted by molar-refractivity contribution is 5.37. The number of ether oxygens (including phenoxy) is 3. The van der Waals surface area contributed by atoms with Gasteiger partial charge in [0.25, 0.3) is 0 Å². The maximum atomic E-state index is 6.48. The summed E-state index contributed by atoms with van der Waals surface area (Å²) in [5, 5.41) is 0. The lowest BCUT2D eigenvalue weighted by Crippen LogP contribution is -2.65. The predicted molar refractivity (Wildman–Crippen MR) is 69.8 cm³/mol. The van der Waals surface area contributed by atoms with Crippen LogP contribution >= 0.6 is 0 Å². The third-order valence-electron chi connectivity index (χ3n) is 7.37. The normalized spacial score (nSPS) is 68.4. The van der Waals surface area contributed by atoms with E-state index < -0.39 is 0 Å². The molecule has 5 rings (SSSR count). The highest BCUT2D eigenvalue weighted by Crippen LogP contribution is 2.75. The molecule has 0 radical (unpaired) electrons. The summed E-state index contributed by atoms with van der Waals surface area (Å²) < 4.78 is 18.5. The van der Waals surface area contributed by atoms with E-state index in [1.54, 1.807) is 0 Å². The van der Waals surface area contributed by atoms with Gasteiger partial charge >= 0.3 is 0 Å². The van der Waals surface area contributed by atoms with Crippen LogP contribution in [-0.4, -0.2) is 36.6 Å². The molecule has 19 heavy (non-hydrogen) atoms. The van der Waals surface area contributed by atoms with Crippen molar-refractivity contribution in [1.29, 1.82) is 0 Å². The lowest BCUT2D eigenvalue weighted by atomic mass is 9.50. The molecule has 0 aromatic carbocycles. The number of epoxide rings is 2. The lowest BCUT2D eigenvalue weighted by Gasteiger charge is -2.56. The Balaban J connectivity index is 1.73. The van der Waals surface area contributed by atoms with Gasteiger partial charge in [-0.3, -0.25) is 0 Å². The standard InChI is InChI=1S/C16H22O3/c1-8-5-10-14(3,13-12(8)19-13)15(4)9(2)6-11(18-10)16(15)7-17-16/h5,9-13H,6-7H2,1-4H3/t9-,10?,11?,12+,13+,14?,15-,16?/m1/s1. The Morgan fingerprint density at radius 3 is 2.68 bits per heavy atom. The molecule has 0 aromatic heterocycles. The minimum absolute atomic E-state index is 0.0206. The summed E-state index contributed by atoms with van der Waals surface area (Å²) in [5.41, 5.74) is 1.56. The topological polar surface area (TPSA) is 34.3 Å². The largest absolute Gasteiger partial charge is 0.367 e. The first kappa shape index (κ1) is 11.3. The minimum atomic E-state index is -0.0206. The summed E-state index contributed by atoms with van der Waals surface area (Å²) in [4.78, 5) is 0. The Labute approximate surface area is 114 Å². The van der Waals surface area contributed by atoms with Crippen molar-refractivity contribution in [1.82, 2.24) is 0 Å². The zero-order valence-corrected chi connectivity index (χ0v) is 12.1. The van der Waals surface area contributed by atoms with Crippen molar-refractivity contribution in [3.05, 3.63) is 11.6 Å². The number of rotatable bonds is 0. The Bertz CT molecular complexity index is 508. The Kier molecular flexibility index (Phi) is 1.67. The predicted octanol–water partition coefficient (Wildman–Crippen LogP) is 2.30. The Morgan fingerprint density at radius 1 is 1.26 bits per heavy atom. The molecule has 3 nitrogen and oxygen atoms in total. The fourth-order valence-corrected chi connectivity index (χ4v) is 5.75. The molecule has 4 fully saturated rings. The Hall–Kier alpha value is -0.380. The van der Waals surface area contributed by atoms with Crippen LogP contribution in [0.25, 0.3) is 0 Å². The Morgan fingerprint density at radius 2 is 2.00 bits per heavy atom. The summed E-state index contributed by atoms with van der Waals surface area (Å²) in [5.74, 6) is 0.631. The van der Waals surface area contributed by atoms with E-state index in [9.17, 15) is 0 Å². The smallest absolute Gasteiger partial charge is 0.124 e. The molecule has 3 aliphatic heterocycles. The van der Waals surface area contributed by atoms with Gasteiger partial charge in [0.05, 0.1) is 24.9 Å². The molecule has 3 saturated heterocycles. The van der Waals surface area contributed by atoms with Gasteiger partial charge in [-0.05, 0) is 24.8 Å². The molecule has 1 saturated carbocycles. The van der Waals surface area contributed by atoms with Gasteiger partial charge in [0.2, 0.25) is 0 Å². The number of hydrogen-bond donors (Lipinski definition) is 0. The van der Waals surface area contributed by atoms with Crippen LogP contribution in [0.15, 0.2) is 11.6 Å². The van der Waals surface area contributed by atoms with E-state index in [-0.39, 0.29) is 28.6 Å². The van der Waals surface area contributed by atoms with E-state index in [0.29, 0.717) is 18.1 Å². The van der Waals surface area contributed by atoms with Crippen molar-refractivity contribution in [3.63, 3.8) is 0 Å². The quantitative estimate of drug-likeness (QED) is 0.496. The zero-order valence-electron chi connectivity index (χ0n) is 12.1. The van der Waals surface area contributed by atoms with Gasteiger partial charge in [0.1, 0.15) is 11.7 Å². The van der Waals surface area contributed by atoms with Crippen LogP contribution < -0.4 is 0 Å². The fourth-order valence-electron chi connectivity index (χ4n) is 5.75. The molecular weight excluding hydrogens is 240 g/mol. The highest BCUT2D eigenvalue weighted by atomic mass is 16.6. The van der Waals surface area contributed by atoms with Gasteiger partial charge in [0, 0.05) is 10.8 Å². The summed E-state index contributed by atoms with van der Waals surface area (Å²) in [7, 11) is 0. The van der Waals surface area contributed by atoms with Crippen molar-refractivity contribution in [2.24, 2.45) is 16.7 Å². The van der Waals surface area contributed by atoms with Gasteiger partial charge in [0.15, 0.2) is 0 Å². The maximum absolute atomic E-state index is 6.48. The first-order valence-corrected chi connectivity index (χ1v) is 7.58. The average molecular weight is 262 g/mol. The van der Waals surface area contributed by atoms with Gasteiger partial charge in [-0.2, -0.15) is 0 Å². The van der Waals surface area contributed by atoms with E-state index >= 15 is 0 Å². The molecule has 0 N–H and O–H groups in total. The molecule has 2 aliphatic carbocycles. The molecule has 0 aromatic rings. The van der Waals surface area contributed by atoms with Crippen LogP contribution in [0.5, 0.6) is 0 Å². The molecule has 2 bridgehead atoms. The lowest BCUT2D eigenvalue weighted by molar-refractivity contribution is -0.199. The average Bonchev–Trinajstić information content (AvgIpc) is 3.22. The van der Waals surface area contributed by atoms with Crippen LogP contribution in [0.2, 0.25) is 0 Å². The molecule has 5 aliphatic rings. The van der Waals surface area contributed by atoms with Crippen molar-refractivity contribution >= 4 is 0 Å². The maximum Gasteiger partial charge on any atom is 0.124 e. The van der Waals surface area contributed by atoms with Gasteiger partial charge in [-0.15, -0.1) is 0 Å². The van der Waals surface area contributed by atoms with Crippen LogP contribution in [0.3, 0.4) is 0 Å². The highest BCUT2D eigenvalue weighted by Gasteiger charge is 2.83. The summed E-state index contributed by atoms with van der Waals surface area (Å²) >= 11 is 0. The molecular formula is C16H22O3. The SMILES string of the molecule is CC1=CC2OC3C[C@@H](C)[C@@](C)(C34CO4)C2(C)[C@H]2O[C@@H]12. The van der Waals surface area contributed by atoms with Crippen molar-refractivity contribution < 1.29 is 14.2 Å². The molecule has 3 heterocycles. The molecule has 1 spiro atoms. The van der Waals surface area contributed by atoms with Crippen molar-refractivity contribution in [2.45, 2.75) is 64.1 Å². The zero-order chi connectivity index (χ0) is 13.2. The van der Waals surface area contributed by atoms with E-state index in [2.05, 4.69) is 33.8 Å². The molecule has 8 atom stereocenters. The van der Waals surface area contributed by atoms with E-state index in [0.717, 1.165) is 13.0 Å². The minimum Gasteiger partial charge on any atom is -0.367 e. The van der Waals surface area contributed by atoms with Crippen molar-refractivity contribution in [3.8, 4) is 0 Å².